The number of amides is 2. The van der Waals surface area contributed by atoms with E-state index in [0.717, 1.165) is 36.9 Å². The molecule has 4 unspecified atom stereocenters. The highest BCUT2D eigenvalue weighted by Gasteiger charge is 2.41. The number of carbonyl (C=O) groups is 2. The lowest BCUT2D eigenvalue weighted by molar-refractivity contribution is -0.135. The van der Waals surface area contributed by atoms with Crippen molar-refractivity contribution < 1.29 is 9.59 Å². The monoisotopic (exact) mass is 340 g/mol. The standard InChI is InChI=1S/C21H28N2O2/c24-20(13-18-12-15-8-9-16(18)11-15)23-10-4-5-17(14-23)21(25)22-19-6-2-1-3-7-19/h1-3,6-7,15-18H,4-5,8-14H2,(H,22,25). The zero-order chi connectivity index (χ0) is 17.2. The Labute approximate surface area is 150 Å². The van der Waals surface area contributed by atoms with Gasteiger partial charge in [0.1, 0.15) is 0 Å². The van der Waals surface area contributed by atoms with E-state index in [2.05, 4.69) is 5.32 Å². The SMILES string of the molecule is O=C(Nc1ccccc1)C1CCCN(C(=O)CC2CC3CCC2C3)C1. The molecule has 134 valence electrons. The molecule has 2 amide bonds. The van der Waals surface area contributed by atoms with E-state index in [-0.39, 0.29) is 17.7 Å². The highest BCUT2D eigenvalue weighted by molar-refractivity contribution is 5.93. The summed E-state index contributed by atoms with van der Waals surface area (Å²) in [6.07, 6.45) is 7.80. The topological polar surface area (TPSA) is 49.4 Å². The van der Waals surface area contributed by atoms with E-state index in [1.165, 1.54) is 25.7 Å². The molecule has 1 aliphatic heterocycles. The molecule has 2 bridgehead atoms. The Hall–Kier alpha value is -1.84. The number of likely N-dealkylation sites (tertiary alicyclic amines) is 1. The van der Waals surface area contributed by atoms with Crippen LogP contribution in [0.25, 0.3) is 0 Å². The molecule has 1 N–H and O–H groups in total. The van der Waals surface area contributed by atoms with Gasteiger partial charge in [0.25, 0.3) is 0 Å². The number of nitrogens with zero attached hydrogens (tertiary/aromatic N) is 1. The molecule has 0 aromatic heterocycles. The second-order valence-corrected chi connectivity index (χ2v) is 8.17. The summed E-state index contributed by atoms with van der Waals surface area (Å²) >= 11 is 0. The van der Waals surface area contributed by atoms with Gasteiger partial charge in [0, 0.05) is 25.2 Å². The number of para-hydroxylation sites is 1. The average molecular weight is 340 g/mol. The summed E-state index contributed by atoms with van der Waals surface area (Å²) in [6.45, 7) is 1.40. The van der Waals surface area contributed by atoms with Crippen molar-refractivity contribution in [1.29, 1.82) is 0 Å². The molecular formula is C21H28N2O2. The predicted octanol–water partition coefficient (Wildman–Crippen LogP) is 3.69. The Balaban J connectivity index is 1.31. The van der Waals surface area contributed by atoms with E-state index in [9.17, 15) is 9.59 Å². The Morgan fingerprint density at radius 2 is 1.92 bits per heavy atom. The third-order valence-electron chi connectivity index (χ3n) is 6.51. The van der Waals surface area contributed by atoms with Crippen LogP contribution in [0.4, 0.5) is 5.69 Å². The van der Waals surface area contributed by atoms with Gasteiger partial charge in [-0.3, -0.25) is 9.59 Å². The van der Waals surface area contributed by atoms with E-state index in [1.807, 2.05) is 35.2 Å². The molecule has 4 rings (SSSR count). The predicted molar refractivity (Wildman–Crippen MR) is 97.9 cm³/mol. The van der Waals surface area contributed by atoms with Gasteiger partial charge in [-0.25, -0.2) is 0 Å². The second kappa shape index (κ2) is 7.19. The molecule has 25 heavy (non-hydrogen) atoms. The molecule has 4 heteroatoms. The van der Waals surface area contributed by atoms with Crippen LogP contribution in [0, 0.1) is 23.7 Å². The van der Waals surface area contributed by atoms with Crippen LogP contribution in [0.1, 0.15) is 44.9 Å². The first-order valence-electron chi connectivity index (χ1n) is 9.82. The molecule has 3 aliphatic rings. The lowest BCUT2D eigenvalue weighted by Crippen LogP contribution is -2.44. The molecular weight excluding hydrogens is 312 g/mol. The van der Waals surface area contributed by atoms with Gasteiger partial charge in [0.15, 0.2) is 0 Å². The lowest BCUT2D eigenvalue weighted by atomic mass is 9.85. The van der Waals surface area contributed by atoms with Crippen LogP contribution < -0.4 is 5.32 Å². The molecule has 1 aromatic carbocycles. The van der Waals surface area contributed by atoms with Crippen molar-refractivity contribution in [3.05, 3.63) is 30.3 Å². The van der Waals surface area contributed by atoms with Crippen LogP contribution >= 0.6 is 0 Å². The molecule has 3 fully saturated rings. The van der Waals surface area contributed by atoms with Crippen LogP contribution in [0.5, 0.6) is 0 Å². The Bertz CT molecular complexity index is 630. The van der Waals surface area contributed by atoms with Gasteiger partial charge in [-0.15, -0.1) is 0 Å². The number of piperidine rings is 1. The van der Waals surface area contributed by atoms with Gasteiger partial charge in [0.05, 0.1) is 5.92 Å². The summed E-state index contributed by atoms with van der Waals surface area (Å²) in [5.41, 5.74) is 0.831. The number of rotatable bonds is 4. The van der Waals surface area contributed by atoms with Crippen LogP contribution in [-0.4, -0.2) is 29.8 Å². The van der Waals surface area contributed by atoms with E-state index in [1.54, 1.807) is 0 Å². The van der Waals surface area contributed by atoms with E-state index in [4.69, 9.17) is 0 Å². The summed E-state index contributed by atoms with van der Waals surface area (Å²) in [4.78, 5) is 27.2. The fraction of sp³-hybridized carbons (Fsp3) is 0.619. The van der Waals surface area contributed by atoms with Crippen molar-refractivity contribution in [1.82, 2.24) is 4.90 Å². The number of benzene rings is 1. The zero-order valence-corrected chi connectivity index (χ0v) is 14.8. The van der Waals surface area contributed by atoms with Gasteiger partial charge < -0.3 is 10.2 Å². The van der Waals surface area contributed by atoms with Crippen LogP contribution in [0.15, 0.2) is 30.3 Å². The third-order valence-corrected chi connectivity index (χ3v) is 6.51. The fourth-order valence-corrected chi connectivity index (χ4v) is 5.16. The Morgan fingerprint density at radius 3 is 2.64 bits per heavy atom. The van der Waals surface area contributed by atoms with Gasteiger partial charge in [-0.2, -0.15) is 0 Å². The van der Waals surface area contributed by atoms with Crippen LogP contribution in [0.2, 0.25) is 0 Å². The van der Waals surface area contributed by atoms with Crippen molar-refractivity contribution in [3.63, 3.8) is 0 Å². The number of anilines is 1. The number of hydrogen-bond acceptors (Lipinski definition) is 2. The largest absolute Gasteiger partial charge is 0.342 e. The highest BCUT2D eigenvalue weighted by Crippen LogP contribution is 2.49. The van der Waals surface area contributed by atoms with Crippen molar-refractivity contribution in [2.45, 2.75) is 44.9 Å². The minimum atomic E-state index is -0.0852. The normalized spacial score (nSPS) is 31.1. The third kappa shape index (κ3) is 3.73. The summed E-state index contributed by atoms with van der Waals surface area (Å²) in [5.74, 6) is 2.51. The molecule has 4 atom stereocenters. The maximum atomic E-state index is 12.8. The molecule has 0 spiro atoms. The quantitative estimate of drug-likeness (QED) is 0.909. The number of nitrogens with one attached hydrogen (secondary N) is 1. The van der Waals surface area contributed by atoms with Gasteiger partial charge in [-0.05, 0) is 62.0 Å². The lowest BCUT2D eigenvalue weighted by Gasteiger charge is -2.33. The Morgan fingerprint density at radius 1 is 1.08 bits per heavy atom. The smallest absolute Gasteiger partial charge is 0.229 e. The van der Waals surface area contributed by atoms with Crippen molar-refractivity contribution in [3.8, 4) is 0 Å². The van der Waals surface area contributed by atoms with E-state index in [0.29, 0.717) is 18.9 Å². The van der Waals surface area contributed by atoms with E-state index < -0.39 is 0 Å². The second-order valence-electron chi connectivity index (χ2n) is 8.17. The summed E-state index contributed by atoms with van der Waals surface area (Å²) in [7, 11) is 0. The molecule has 2 aliphatic carbocycles. The molecule has 1 saturated heterocycles. The van der Waals surface area contributed by atoms with Crippen LogP contribution in [0.3, 0.4) is 0 Å². The first-order valence-corrected chi connectivity index (χ1v) is 9.82. The molecule has 4 nitrogen and oxygen atoms in total. The van der Waals surface area contributed by atoms with Crippen molar-refractivity contribution in [2.24, 2.45) is 23.7 Å². The van der Waals surface area contributed by atoms with Gasteiger partial charge in [0.2, 0.25) is 11.8 Å². The van der Waals surface area contributed by atoms with E-state index >= 15 is 0 Å². The maximum absolute atomic E-state index is 12.8. The van der Waals surface area contributed by atoms with Crippen molar-refractivity contribution in [2.75, 3.05) is 18.4 Å². The molecule has 1 aromatic rings. The highest BCUT2D eigenvalue weighted by atomic mass is 16.2. The number of hydrogen-bond donors (Lipinski definition) is 1. The maximum Gasteiger partial charge on any atom is 0.229 e. The summed E-state index contributed by atoms with van der Waals surface area (Å²) < 4.78 is 0. The molecule has 0 radical (unpaired) electrons. The number of carbonyl (C=O) groups excluding carboxylic acids is 2. The minimum Gasteiger partial charge on any atom is -0.342 e. The summed E-state index contributed by atoms with van der Waals surface area (Å²) in [6, 6.07) is 9.58. The summed E-state index contributed by atoms with van der Waals surface area (Å²) in [5, 5.41) is 2.99. The zero-order valence-electron chi connectivity index (χ0n) is 14.8. The first kappa shape index (κ1) is 16.6. The van der Waals surface area contributed by atoms with Gasteiger partial charge >= 0.3 is 0 Å². The van der Waals surface area contributed by atoms with Gasteiger partial charge in [-0.1, -0.05) is 24.6 Å². The minimum absolute atomic E-state index is 0.0450. The molecule has 1 heterocycles. The van der Waals surface area contributed by atoms with Crippen molar-refractivity contribution >= 4 is 17.5 Å². The number of fused-ring (bicyclic) bond motifs is 2. The van der Waals surface area contributed by atoms with Crippen LogP contribution in [-0.2, 0) is 9.59 Å². The first-order chi connectivity index (χ1) is 12.2. The Kier molecular flexibility index (Phi) is 4.78. The fourth-order valence-electron chi connectivity index (χ4n) is 5.16. The molecule has 2 saturated carbocycles. The average Bonchev–Trinajstić information content (AvgIpc) is 3.25.